The van der Waals surface area contributed by atoms with Crippen molar-refractivity contribution < 1.29 is 14.1 Å². The number of aromatic nitrogens is 2. The highest BCUT2D eigenvalue weighted by Gasteiger charge is 2.31. The predicted octanol–water partition coefficient (Wildman–Crippen LogP) is 0.948. The Morgan fingerprint density at radius 3 is 3.05 bits per heavy atom. The number of rotatable bonds is 4. The molecule has 2 aromatic rings. The second-order valence-electron chi connectivity index (χ2n) is 5.49. The van der Waals surface area contributed by atoms with Crippen LogP contribution in [0.15, 0.2) is 28.9 Å². The van der Waals surface area contributed by atoms with Gasteiger partial charge in [0.25, 0.3) is 5.91 Å². The molecule has 0 bridgehead atoms. The molecule has 7 nitrogen and oxygen atoms in total. The molecule has 0 aliphatic carbocycles. The molecule has 1 saturated heterocycles. The molecule has 2 aromatic heterocycles. The summed E-state index contributed by atoms with van der Waals surface area (Å²) in [5.41, 5.74) is 6.94. The Hall–Kier alpha value is -2.41. The van der Waals surface area contributed by atoms with E-state index in [1.165, 1.54) is 6.20 Å². The summed E-state index contributed by atoms with van der Waals surface area (Å²) in [6.07, 6.45) is 2.20. The third-order valence-corrected chi connectivity index (χ3v) is 3.70. The second-order valence-corrected chi connectivity index (χ2v) is 5.49. The van der Waals surface area contributed by atoms with Crippen LogP contribution in [0.3, 0.4) is 0 Å². The normalized spacial score (nSPS) is 21.0. The van der Waals surface area contributed by atoms with Crippen LogP contribution in [0.2, 0.25) is 0 Å². The Labute approximate surface area is 127 Å². The summed E-state index contributed by atoms with van der Waals surface area (Å²) in [4.78, 5) is 16.2. The lowest BCUT2D eigenvalue weighted by atomic mass is 9.98. The molecule has 3 heterocycles. The number of amides is 1. The third-order valence-electron chi connectivity index (χ3n) is 3.70. The van der Waals surface area contributed by atoms with E-state index in [-0.39, 0.29) is 17.9 Å². The molecule has 1 aliphatic heterocycles. The Kier molecular flexibility index (Phi) is 4.06. The highest BCUT2D eigenvalue weighted by Crippen LogP contribution is 2.20. The maximum absolute atomic E-state index is 12.3. The van der Waals surface area contributed by atoms with Gasteiger partial charge in [0.15, 0.2) is 0 Å². The van der Waals surface area contributed by atoms with E-state index in [2.05, 4.69) is 15.5 Å². The zero-order chi connectivity index (χ0) is 15.5. The lowest BCUT2D eigenvalue weighted by molar-refractivity contribution is 0.0924. The van der Waals surface area contributed by atoms with Crippen molar-refractivity contribution in [3.05, 3.63) is 41.4 Å². The fourth-order valence-corrected chi connectivity index (χ4v) is 2.57. The van der Waals surface area contributed by atoms with Gasteiger partial charge in [0.2, 0.25) is 0 Å². The number of aryl methyl sites for hydroxylation is 1. The first-order valence-electron chi connectivity index (χ1n) is 7.14. The molecule has 116 valence electrons. The summed E-state index contributed by atoms with van der Waals surface area (Å²) in [5, 5.41) is 6.87. The topological polar surface area (TPSA) is 103 Å². The smallest absolute Gasteiger partial charge is 0.251 e. The van der Waals surface area contributed by atoms with Crippen LogP contribution in [-0.2, 0) is 11.2 Å². The van der Waals surface area contributed by atoms with E-state index in [0.717, 1.165) is 11.5 Å². The van der Waals surface area contributed by atoms with Gasteiger partial charge in [-0.2, -0.15) is 0 Å². The molecule has 1 amide bonds. The minimum absolute atomic E-state index is 0.0627. The Bertz CT molecular complexity index is 670. The molecule has 0 aromatic carbocycles. The van der Waals surface area contributed by atoms with Gasteiger partial charge < -0.3 is 20.3 Å². The zero-order valence-electron chi connectivity index (χ0n) is 12.3. The molecule has 7 heteroatoms. The van der Waals surface area contributed by atoms with Crippen LogP contribution >= 0.6 is 0 Å². The third kappa shape index (κ3) is 3.25. The predicted molar refractivity (Wildman–Crippen MR) is 79.2 cm³/mol. The van der Waals surface area contributed by atoms with Gasteiger partial charge in [-0.15, -0.1) is 0 Å². The summed E-state index contributed by atoms with van der Waals surface area (Å²) in [5.74, 6) is 1.11. The van der Waals surface area contributed by atoms with Gasteiger partial charge in [0.05, 0.1) is 24.9 Å². The molecule has 1 fully saturated rings. The standard InChI is InChI=1S/C15H18N4O3/c1-9-4-12(22-19-9)5-11-7-21-8-13(11)18-15(20)10-2-3-17-14(16)6-10/h2-4,6,11,13H,5,7-8H2,1H3,(H2,16,17)(H,18,20)/t11-,13+/m1/s1. The quantitative estimate of drug-likeness (QED) is 0.871. The minimum atomic E-state index is -0.177. The van der Waals surface area contributed by atoms with Crippen LogP contribution in [0.4, 0.5) is 5.82 Å². The molecule has 22 heavy (non-hydrogen) atoms. The summed E-state index contributed by atoms with van der Waals surface area (Å²) in [7, 11) is 0. The summed E-state index contributed by atoms with van der Waals surface area (Å²) < 4.78 is 10.7. The SMILES string of the molecule is Cc1cc(C[C@@H]2COC[C@@H]2NC(=O)c2ccnc(N)c2)on1. The summed E-state index contributed by atoms with van der Waals surface area (Å²) in [6, 6.07) is 5.03. The molecular weight excluding hydrogens is 284 g/mol. The number of ether oxygens (including phenoxy) is 1. The molecular formula is C15H18N4O3. The van der Waals surface area contributed by atoms with Crippen molar-refractivity contribution in [3.63, 3.8) is 0 Å². The van der Waals surface area contributed by atoms with Crippen LogP contribution in [0.1, 0.15) is 21.8 Å². The fourth-order valence-electron chi connectivity index (χ4n) is 2.57. The second kappa shape index (κ2) is 6.15. The lowest BCUT2D eigenvalue weighted by Gasteiger charge is -2.18. The lowest BCUT2D eigenvalue weighted by Crippen LogP contribution is -2.40. The first-order chi connectivity index (χ1) is 10.6. The zero-order valence-corrected chi connectivity index (χ0v) is 12.3. The number of nitrogen functional groups attached to an aromatic ring is 1. The van der Waals surface area contributed by atoms with E-state index < -0.39 is 0 Å². The fraction of sp³-hybridized carbons (Fsp3) is 0.400. The van der Waals surface area contributed by atoms with Crippen molar-refractivity contribution in [1.82, 2.24) is 15.5 Å². The number of hydrogen-bond acceptors (Lipinski definition) is 6. The number of hydrogen-bond donors (Lipinski definition) is 2. The van der Waals surface area contributed by atoms with Crippen molar-refractivity contribution in [2.24, 2.45) is 5.92 Å². The van der Waals surface area contributed by atoms with E-state index in [1.807, 2.05) is 13.0 Å². The number of nitrogens with one attached hydrogen (secondary N) is 1. The van der Waals surface area contributed by atoms with Crippen molar-refractivity contribution >= 4 is 11.7 Å². The molecule has 0 spiro atoms. The molecule has 1 aliphatic rings. The maximum Gasteiger partial charge on any atom is 0.251 e. The molecule has 3 rings (SSSR count). The van der Waals surface area contributed by atoms with Gasteiger partial charge in [0.1, 0.15) is 11.6 Å². The van der Waals surface area contributed by atoms with Gasteiger partial charge >= 0.3 is 0 Å². The summed E-state index contributed by atoms with van der Waals surface area (Å²) in [6.45, 7) is 2.96. The molecule has 2 atom stereocenters. The van der Waals surface area contributed by atoms with E-state index in [9.17, 15) is 4.79 Å². The van der Waals surface area contributed by atoms with Crippen LogP contribution < -0.4 is 11.1 Å². The average Bonchev–Trinajstić information content (AvgIpc) is 3.09. The van der Waals surface area contributed by atoms with Gasteiger partial charge in [-0.25, -0.2) is 4.98 Å². The molecule has 3 N–H and O–H groups in total. The van der Waals surface area contributed by atoms with Gasteiger partial charge in [-0.1, -0.05) is 5.16 Å². The highest BCUT2D eigenvalue weighted by molar-refractivity contribution is 5.94. The van der Waals surface area contributed by atoms with Crippen LogP contribution in [0.5, 0.6) is 0 Å². The van der Waals surface area contributed by atoms with Gasteiger partial charge in [-0.3, -0.25) is 4.79 Å². The van der Waals surface area contributed by atoms with Crippen LogP contribution in [-0.4, -0.2) is 35.3 Å². The number of pyridine rings is 1. The van der Waals surface area contributed by atoms with E-state index in [1.54, 1.807) is 12.1 Å². The number of carbonyl (C=O) groups excluding carboxylic acids is 1. The van der Waals surface area contributed by atoms with E-state index in [0.29, 0.717) is 31.0 Å². The monoisotopic (exact) mass is 302 g/mol. The molecule has 0 saturated carbocycles. The van der Waals surface area contributed by atoms with E-state index in [4.69, 9.17) is 15.0 Å². The largest absolute Gasteiger partial charge is 0.384 e. The van der Waals surface area contributed by atoms with Crippen molar-refractivity contribution in [3.8, 4) is 0 Å². The number of anilines is 1. The summed E-state index contributed by atoms with van der Waals surface area (Å²) >= 11 is 0. The number of carbonyl (C=O) groups is 1. The van der Waals surface area contributed by atoms with E-state index >= 15 is 0 Å². The van der Waals surface area contributed by atoms with Crippen molar-refractivity contribution in [1.29, 1.82) is 0 Å². The Balaban J connectivity index is 1.64. The Morgan fingerprint density at radius 1 is 1.45 bits per heavy atom. The van der Waals surface area contributed by atoms with Gasteiger partial charge in [-0.05, 0) is 19.1 Å². The van der Waals surface area contributed by atoms with Gasteiger partial charge in [0, 0.05) is 30.2 Å². The number of nitrogens with two attached hydrogens (primary N) is 1. The highest BCUT2D eigenvalue weighted by atomic mass is 16.5. The first-order valence-corrected chi connectivity index (χ1v) is 7.14. The van der Waals surface area contributed by atoms with Crippen LogP contribution in [0.25, 0.3) is 0 Å². The minimum Gasteiger partial charge on any atom is -0.384 e. The average molecular weight is 302 g/mol. The first kappa shape index (κ1) is 14.5. The maximum atomic E-state index is 12.3. The number of nitrogens with zero attached hydrogens (tertiary/aromatic N) is 2. The molecule has 0 radical (unpaired) electrons. The van der Waals surface area contributed by atoms with Crippen molar-refractivity contribution in [2.75, 3.05) is 18.9 Å². The Morgan fingerprint density at radius 2 is 2.32 bits per heavy atom. The molecule has 0 unspecified atom stereocenters. The van der Waals surface area contributed by atoms with Crippen LogP contribution in [0, 0.1) is 12.8 Å². The van der Waals surface area contributed by atoms with Crippen molar-refractivity contribution in [2.45, 2.75) is 19.4 Å².